The van der Waals surface area contributed by atoms with Gasteiger partial charge < -0.3 is 9.72 Å². The number of hydrogen-bond acceptors (Lipinski definition) is 5. The maximum atomic E-state index is 15.0. The first-order chi connectivity index (χ1) is 16.0. The Kier molecular flexibility index (Phi) is 5.96. The van der Waals surface area contributed by atoms with Crippen molar-refractivity contribution >= 4 is 23.3 Å². The third-order valence-corrected chi connectivity index (χ3v) is 4.98. The van der Waals surface area contributed by atoms with E-state index in [-0.39, 0.29) is 27.6 Å². The highest BCUT2D eigenvalue weighted by Gasteiger charge is 2.15. The van der Waals surface area contributed by atoms with Gasteiger partial charge in [-0.05, 0) is 35.9 Å². The lowest BCUT2D eigenvalue weighted by molar-refractivity contribution is 0.415. The van der Waals surface area contributed by atoms with E-state index in [1.54, 1.807) is 12.3 Å². The van der Waals surface area contributed by atoms with E-state index in [4.69, 9.17) is 4.74 Å². The monoisotopic (exact) mass is 440 g/mol. The van der Waals surface area contributed by atoms with Crippen LogP contribution in [0, 0.1) is 17.1 Å². The second kappa shape index (κ2) is 9.16. The van der Waals surface area contributed by atoms with Crippen LogP contribution in [0.2, 0.25) is 0 Å². The van der Waals surface area contributed by atoms with E-state index in [0.717, 1.165) is 16.2 Å². The molecule has 1 N–H and O–H groups in total. The van der Waals surface area contributed by atoms with Crippen molar-refractivity contribution in [3.63, 3.8) is 0 Å². The van der Waals surface area contributed by atoms with Crippen LogP contribution in [0.4, 0.5) is 4.39 Å². The number of hydrogen-bond donors (Lipinski definition) is 1. The summed E-state index contributed by atoms with van der Waals surface area (Å²) < 4.78 is 21.0. The summed E-state index contributed by atoms with van der Waals surface area (Å²) >= 11 is 0. The standard InChI is InChI=1S/C25H17FN4O3/c1-33-18-8-7-17(14-27)19(11-18)20-13-23-21(12-22(20)26)24(31)30(25(32)29-23)10-9-28-15-16-5-3-2-4-6-16/h2-13,15H,1H3,(H,29,32)/b10-9+,28-15?. The number of fused-ring (bicyclic) bond motifs is 1. The molecule has 0 bridgehead atoms. The molecule has 0 aliphatic heterocycles. The number of nitrogens with zero attached hydrogens (tertiary/aromatic N) is 3. The lowest BCUT2D eigenvalue weighted by atomic mass is 9.98. The summed E-state index contributed by atoms with van der Waals surface area (Å²) in [6.45, 7) is 0. The minimum Gasteiger partial charge on any atom is -0.497 e. The van der Waals surface area contributed by atoms with Crippen molar-refractivity contribution in [1.82, 2.24) is 9.55 Å². The van der Waals surface area contributed by atoms with Crippen molar-refractivity contribution < 1.29 is 9.13 Å². The predicted molar refractivity (Wildman–Crippen MR) is 125 cm³/mol. The van der Waals surface area contributed by atoms with Gasteiger partial charge in [-0.15, -0.1) is 0 Å². The Labute approximate surface area is 187 Å². The van der Waals surface area contributed by atoms with Gasteiger partial charge in [-0.2, -0.15) is 5.26 Å². The molecular formula is C25H17FN4O3. The Morgan fingerprint density at radius 2 is 1.88 bits per heavy atom. The van der Waals surface area contributed by atoms with Crippen LogP contribution < -0.4 is 16.0 Å². The molecule has 8 heteroatoms. The Morgan fingerprint density at radius 1 is 1.09 bits per heavy atom. The highest BCUT2D eigenvalue weighted by molar-refractivity contribution is 5.86. The molecule has 0 fully saturated rings. The van der Waals surface area contributed by atoms with Gasteiger partial charge >= 0.3 is 5.69 Å². The van der Waals surface area contributed by atoms with E-state index in [1.807, 2.05) is 36.4 Å². The second-order valence-corrected chi connectivity index (χ2v) is 6.99. The number of H-pyrrole nitrogens is 1. The third kappa shape index (κ3) is 4.34. The number of ether oxygens (including phenoxy) is 1. The van der Waals surface area contributed by atoms with E-state index in [0.29, 0.717) is 5.75 Å². The maximum Gasteiger partial charge on any atom is 0.333 e. The topological polar surface area (TPSA) is 100 Å². The van der Waals surface area contributed by atoms with Crippen molar-refractivity contribution in [2.75, 3.05) is 7.11 Å². The van der Waals surface area contributed by atoms with Crippen molar-refractivity contribution in [3.05, 3.63) is 105 Å². The van der Waals surface area contributed by atoms with E-state index in [1.165, 1.54) is 37.7 Å². The van der Waals surface area contributed by atoms with Gasteiger partial charge in [0.1, 0.15) is 11.6 Å². The largest absolute Gasteiger partial charge is 0.497 e. The van der Waals surface area contributed by atoms with Crippen LogP contribution >= 0.6 is 0 Å². The first kappa shape index (κ1) is 21.5. The summed E-state index contributed by atoms with van der Waals surface area (Å²) in [5.41, 5.74) is 0.171. The molecule has 4 aromatic rings. The first-order valence-corrected chi connectivity index (χ1v) is 9.83. The molecule has 0 aliphatic carbocycles. The van der Waals surface area contributed by atoms with E-state index < -0.39 is 17.1 Å². The normalized spacial score (nSPS) is 11.3. The fourth-order valence-corrected chi connectivity index (χ4v) is 3.34. The van der Waals surface area contributed by atoms with Crippen LogP contribution in [0.25, 0.3) is 28.2 Å². The number of benzene rings is 3. The van der Waals surface area contributed by atoms with Crippen LogP contribution in [0.15, 0.2) is 81.4 Å². The maximum absolute atomic E-state index is 15.0. The third-order valence-electron chi connectivity index (χ3n) is 4.98. The van der Waals surface area contributed by atoms with Crippen LogP contribution in [0.5, 0.6) is 5.75 Å². The molecular weight excluding hydrogens is 423 g/mol. The number of methoxy groups -OCH3 is 1. The number of aromatic nitrogens is 2. The predicted octanol–water partition coefficient (Wildman–Crippen LogP) is 3.92. The summed E-state index contributed by atoms with van der Waals surface area (Å²) in [6, 6.07) is 18.3. The fraction of sp³-hybridized carbons (Fsp3) is 0.0400. The first-order valence-electron chi connectivity index (χ1n) is 9.83. The molecule has 7 nitrogen and oxygen atoms in total. The van der Waals surface area contributed by atoms with Crippen molar-refractivity contribution in [2.24, 2.45) is 4.99 Å². The molecule has 4 rings (SSSR count). The number of rotatable bonds is 5. The summed E-state index contributed by atoms with van der Waals surface area (Å²) in [7, 11) is 1.46. The molecule has 0 unspecified atom stereocenters. The van der Waals surface area contributed by atoms with Gasteiger partial charge in [0.05, 0.1) is 29.6 Å². The van der Waals surface area contributed by atoms with Gasteiger partial charge in [-0.1, -0.05) is 30.3 Å². The SMILES string of the molecule is COc1ccc(C#N)c(-c2cc3[nH]c(=O)n(/C=C/N=Cc4ccccc4)c(=O)c3cc2F)c1. The molecule has 0 aliphatic rings. The summed E-state index contributed by atoms with van der Waals surface area (Å²) in [6.07, 6.45) is 4.08. The lowest BCUT2D eigenvalue weighted by Gasteiger charge is -2.10. The number of nitrogens with one attached hydrogen (secondary N) is 1. The molecule has 0 saturated heterocycles. The zero-order chi connectivity index (χ0) is 23.4. The molecule has 1 heterocycles. The summed E-state index contributed by atoms with van der Waals surface area (Å²) in [5, 5.41) is 9.38. The molecule has 0 amide bonds. The van der Waals surface area contributed by atoms with Gasteiger partial charge in [-0.3, -0.25) is 9.79 Å². The Hall–Kier alpha value is -4.77. The summed E-state index contributed by atoms with van der Waals surface area (Å²) in [4.78, 5) is 32.0. The smallest absolute Gasteiger partial charge is 0.333 e. The molecule has 0 saturated carbocycles. The van der Waals surface area contributed by atoms with Crippen LogP contribution in [0.1, 0.15) is 11.1 Å². The molecule has 3 aromatic carbocycles. The van der Waals surface area contributed by atoms with E-state index in [2.05, 4.69) is 9.98 Å². The second-order valence-electron chi connectivity index (χ2n) is 6.99. The van der Waals surface area contributed by atoms with Crippen molar-refractivity contribution in [3.8, 4) is 22.9 Å². The van der Waals surface area contributed by atoms with E-state index in [9.17, 15) is 14.9 Å². The molecule has 33 heavy (non-hydrogen) atoms. The number of aliphatic imine (C=N–C) groups is 1. The van der Waals surface area contributed by atoms with Crippen LogP contribution in [0.3, 0.4) is 0 Å². The fourth-order valence-electron chi connectivity index (χ4n) is 3.34. The molecule has 0 spiro atoms. The van der Waals surface area contributed by atoms with Gasteiger partial charge in [0, 0.05) is 29.7 Å². The van der Waals surface area contributed by atoms with Crippen molar-refractivity contribution in [2.45, 2.75) is 0 Å². The average molecular weight is 440 g/mol. The van der Waals surface area contributed by atoms with Gasteiger partial charge in [0.15, 0.2) is 0 Å². The quantitative estimate of drug-likeness (QED) is 0.475. The molecule has 162 valence electrons. The Balaban J connectivity index is 1.78. The number of aromatic amines is 1. The molecule has 0 atom stereocenters. The zero-order valence-electron chi connectivity index (χ0n) is 17.4. The average Bonchev–Trinajstić information content (AvgIpc) is 2.84. The van der Waals surface area contributed by atoms with Crippen LogP contribution in [-0.4, -0.2) is 22.9 Å². The molecule has 0 radical (unpaired) electrons. The number of halogens is 1. The van der Waals surface area contributed by atoms with Gasteiger partial charge in [-0.25, -0.2) is 13.8 Å². The van der Waals surface area contributed by atoms with Gasteiger partial charge in [0.2, 0.25) is 0 Å². The molecule has 1 aromatic heterocycles. The Bertz CT molecular complexity index is 1560. The highest BCUT2D eigenvalue weighted by atomic mass is 19.1. The Morgan fingerprint density at radius 3 is 2.61 bits per heavy atom. The van der Waals surface area contributed by atoms with Gasteiger partial charge in [0.25, 0.3) is 5.56 Å². The zero-order valence-corrected chi connectivity index (χ0v) is 17.4. The van der Waals surface area contributed by atoms with E-state index >= 15 is 4.39 Å². The minimum absolute atomic E-state index is 0.0195. The minimum atomic E-state index is -0.714. The number of nitriles is 1. The van der Waals surface area contributed by atoms with Crippen LogP contribution in [-0.2, 0) is 0 Å². The highest BCUT2D eigenvalue weighted by Crippen LogP contribution is 2.31. The summed E-state index contributed by atoms with van der Waals surface area (Å²) in [5.74, 6) is -0.275. The lowest BCUT2D eigenvalue weighted by Crippen LogP contribution is -2.31. The van der Waals surface area contributed by atoms with Crippen molar-refractivity contribution in [1.29, 1.82) is 5.26 Å².